The Labute approximate surface area is 135 Å². The molecule has 1 rings (SSSR count). The van der Waals surface area contributed by atoms with E-state index in [9.17, 15) is 14.7 Å². The van der Waals surface area contributed by atoms with Crippen molar-refractivity contribution in [1.82, 2.24) is 5.32 Å². The second-order valence-electron chi connectivity index (χ2n) is 5.70. The molecule has 0 spiro atoms. The lowest BCUT2D eigenvalue weighted by molar-refractivity contribution is 0.0528. The van der Waals surface area contributed by atoms with Crippen LogP contribution in [0.5, 0.6) is 5.75 Å². The normalized spacial score (nSPS) is 10.3. The highest BCUT2D eigenvalue weighted by Crippen LogP contribution is 2.17. The molecule has 1 aromatic carbocycles. The highest BCUT2D eigenvalue weighted by Gasteiger charge is 2.15. The summed E-state index contributed by atoms with van der Waals surface area (Å²) in [6.45, 7) is 5.66. The monoisotopic (exact) mass is 319 g/mol. The van der Waals surface area contributed by atoms with Gasteiger partial charge < -0.3 is 19.9 Å². The van der Waals surface area contributed by atoms with Crippen molar-refractivity contribution in [3.63, 3.8) is 0 Å². The number of carbonyl (C=O) groups excluding carboxylic acids is 1. The van der Waals surface area contributed by atoms with Gasteiger partial charge in [-0.2, -0.15) is 0 Å². The summed E-state index contributed by atoms with van der Waals surface area (Å²) in [5, 5.41) is 11.8. The number of carbonyl (C=O) groups is 2. The van der Waals surface area contributed by atoms with E-state index in [1.54, 1.807) is 32.9 Å². The summed E-state index contributed by atoms with van der Waals surface area (Å²) in [6, 6.07) is 4.66. The molecule has 0 atom stereocenters. The van der Waals surface area contributed by atoms with E-state index in [0.29, 0.717) is 24.3 Å². The van der Waals surface area contributed by atoms with E-state index in [4.69, 9.17) is 9.47 Å². The zero-order valence-corrected chi connectivity index (χ0v) is 13.7. The first-order valence-corrected chi connectivity index (χ1v) is 7.10. The molecular weight excluding hydrogens is 298 g/mol. The SMILES string of the molecule is COc1ccc(C#CCCNC(=O)OC(C)(C)C)c(C(=O)O)c1. The summed E-state index contributed by atoms with van der Waals surface area (Å²) in [5.41, 5.74) is -0.0672. The lowest BCUT2D eigenvalue weighted by atomic mass is 10.1. The predicted octanol–water partition coefficient (Wildman–Crippen LogP) is 2.66. The third-order valence-electron chi connectivity index (χ3n) is 2.60. The minimum absolute atomic E-state index is 0.0805. The number of carboxylic acid groups (broad SMARTS) is 1. The first-order valence-electron chi connectivity index (χ1n) is 7.10. The zero-order chi connectivity index (χ0) is 17.5. The number of rotatable bonds is 4. The first-order chi connectivity index (χ1) is 10.7. The van der Waals surface area contributed by atoms with E-state index >= 15 is 0 Å². The molecule has 0 bridgehead atoms. The molecule has 6 nitrogen and oxygen atoms in total. The van der Waals surface area contributed by atoms with Crippen LogP contribution in [-0.2, 0) is 4.74 Å². The number of carboxylic acids is 1. The third-order valence-corrected chi connectivity index (χ3v) is 2.60. The second kappa shape index (κ2) is 8.08. The fraction of sp³-hybridized carbons (Fsp3) is 0.412. The van der Waals surface area contributed by atoms with Gasteiger partial charge >= 0.3 is 12.1 Å². The molecule has 124 valence electrons. The number of methoxy groups -OCH3 is 1. The number of hydrogen-bond donors (Lipinski definition) is 2. The van der Waals surface area contributed by atoms with Gasteiger partial charge in [0, 0.05) is 18.5 Å². The van der Waals surface area contributed by atoms with Crippen molar-refractivity contribution < 1.29 is 24.2 Å². The number of nitrogens with one attached hydrogen (secondary N) is 1. The number of amides is 1. The summed E-state index contributed by atoms with van der Waals surface area (Å²) >= 11 is 0. The molecule has 0 saturated carbocycles. The van der Waals surface area contributed by atoms with Crippen molar-refractivity contribution >= 4 is 12.1 Å². The van der Waals surface area contributed by atoms with Crippen LogP contribution in [-0.4, -0.2) is 36.4 Å². The molecule has 23 heavy (non-hydrogen) atoms. The van der Waals surface area contributed by atoms with Gasteiger partial charge in [-0.1, -0.05) is 11.8 Å². The Morgan fingerprint density at radius 3 is 2.57 bits per heavy atom. The maximum Gasteiger partial charge on any atom is 0.407 e. The number of aromatic carboxylic acids is 1. The van der Waals surface area contributed by atoms with Gasteiger partial charge in [-0.3, -0.25) is 0 Å². The Hall–Kier alpha value is -2.68. The minimum Gasteiger partial charge on any atom is -0.497 e. The third kappa shape index (κ3) is 6.74. The van der Waals surface area contributed by atoms with Crippen molar-refractivity contribution in [2.45, 2.75) is 32.8 Å². The zero-order valence-electron chi connectivity index (χ0n) is 13.7. The number of benzene rings is 1. The molecule has 6 heteroatoms. The van der Waals surface area contributed by atoms with Crippen LogP contribution in [0.4, 0.5) is 4.79 Å². The van der Waals surface area contributed by atoms with Crippen molar-refractivity contribution in [3.05, 3.63) is 29.3 Å². The van der Waals surface area contributed by atoms with Gasteiger partial charge in [0.2, 0.25) is 0 Å². The molecule has 0 unspecified atom stereocenters. The Morgan fingerprint density at radius 1 is 1.30 bits per heavy atom. The summed E-state index contributed by atoms with van der Waals surface area (Å²) in [4.78, 5) is 22.6. The van der Waals surface area contributed by atoms with E-state index in [1.807, 2.05) is 0 Å². The summed E-state index contributed by atoms with van der Waals surface area (Å²) < 4.78 is 10.1. The minimum atomic E-state index is -1.07. The van der Waals surface area contributed by atoms with Crippen LogP contribution in [0, 0.1) is 11.8 Å². The molecule has 0 radical (unpaired) electrons. The van der Waals surface area contributed by atoms with Gasteiger partial charge in [-0.25, -0.2) is 9.59 Å². The van der Waals surface area contributed by atoms with Gasteiger partial charge in [0.05, 0.1) is 12.7 Å². The van der Waals surface area contributed by atoms with Crippen molar-refractivity contribution in [3.8, 4) is 17.6 Å². The standard InChI is InChI=1S/C17H21NO5/c1-17(2,3)23-16(21)18-10-6-5-7-12-8-9-13(22-4)11-14(12)15(19)20/h8-9,11H,6,10H2,1-4H3,(H,18,21)(H,19,20). The number of hydrogen-bond acceptors (Lipinski definition) is 4. The van der Waals surface area contributed by atoms with Crippen LogP contribution in [0.25, 0.3) is 0 Å². The highest BCUT2D eigenvalue weighted by molar-refractivity contribution is 5.91. The van der Waals surface area contributed by atoms with Crippen LogP contribution in [0.15, 0.2) is 18.2 Å². The van der Waals surface area contributed by atoms with Crippen LogP contribution in [0.3, 0.4) is 0 Å². The molecule has 0 heterocycles. The largest absolute Gasteiger partial charge is 0.497 e. The average molecular weight is 319 g/mol. The molecule has 0 saturated heterocycles. The van der Waals surface area contributed by atoms with E-state index in [-0.39, 0.29) is 5.56 Å². The summed E-state index contributed by atoms with van der Waals surface area (Å²) in [6.07, 6.45) is -0.125. The van der Waals surface area contributed by atoms with E-state index < -0.39 is 17.7 Å². The summed E-state index contributed by atoms with van der Waals surface area (Å²) in [7, 11) is 1.47. The summed E-state index contributed by atoms with van der Waals surface area (Å²) in [5.74, 6) is 5.01. The van der Waals surface area contributed by atoms with Crippen molar-refractivity contribution in [2.24, 2.45) is 0 Å². The van der Waals surface area contributed by atoms with Crippen LogP contribution in [0.1, 0.15) is 43.1 Å². The Kier molecular flexibility index (Phi) is 6.46. The quantitative estimate of drug-likeness (QED) is 0.658. The topological polar surface area (TPSA) is 84.9 Å². The molecule has 0 aliphatic rings. The molecule has 0 aromatic heterocycles. The molecule has 0 aliphatic heterocycles. The first kappa shape index (κ1) is 18.4. The van der Waals surface area contributed by atoms with Crippen LogP contribution in [0.2, 0.25) is 0 Å². The van der Waals surface area contributed by atoms with E-state index in [1.165, 1.54) is 13.2 Å². The Balaban J connectivity index is 2.60. The predicted molar refractivity (Wildman–Crippen MR) is 85.7 cm³/mol. The van der Waals surface area contributed by atoms with Gasteiger partial charge in [0.25, 0.3) is 0 Å². The molecule has 0 fully saturated rings. The lowest BCUT2D eigenvalue weighted by Crippen LogP contribution is -2.32. The van der Waals surface area contributed by atoms with Gasteiger partial charge in [0.1, 0.15) is 11.4 Å². The molecule has 1 amide bonds. The maximum atomic E-state index is 11.4. The van der Waals surface area contributed by atoms with Crippen molar-refractivity contribution in [2.75, 3.05) is 13.7 Å². The van der Waals surface area contributed by atoms with Crippen molar-refractivity contribution in [1.29, 1.82) is 0 Å². The lowest BCUT2D eigenvalue weighted by Gasteiger charge is -2.19. The smallest absolute Gasteiger partial charge is 0.407 e. The Bertz CT molecular complexity index is 635. The Morgan fingerprint density at radius 2 is 2.00 bits per heavy atom. The van der Waals surface area contributed by atoms with Crippen LogP contribution >= 0.6 is 0 Å². The average Bonchev–Trinajstić information content (AvgIpc) is 2.45. The highest BCUT2D eigenvalue weighted by atomic mass is 16.6. The number of alkyl carbamates (subject to hydrolysis) is 1. The fourth-order valence-electron chi connectivity index (χ4n) is 1.64. The fourth-order valence-corrected chi connectivity index (χ4v) is 1.64. The van der Waals surface area contributed by atoms with Gasteiger partial charge in [-0.05, 0) is 39.0 Å². The van der Waals surface area contributed by atoms with E-state index in [2.05, 4.69) is 17.2 Å². The van der Waals surface area contributed by atoms with Crippen LogP contribution < -0.4 is 10.1 Å². The molecule has 2 N–H and O–H groups in total. The molecule has 1 aromatic rings. The second-order valence-corrected chi connectivity index (χ2v) is 5.70. The van der Waals surface area contributed by atoms with Gasteiger partial charge in [-0.15, -0.1) is 0 Å². The van der Waals surface area contributed by atoms with E-state index in [0.717, 1.165) is 0 Å². The maximum absolute atomic E-state index is 11.4. The molecule has 0 aliphatic carbocycles. The number of ether oxygens (including phenoxy) is 2. The molecular formula is C17H21NO5. The van der Waals surface area contributed by atoms with Gasteiger partial charge in [0.15, 0.2) is 0 Å².